The largest absolute Gasteiger partial charge is 0.378 e. The SMILES string of the molecule is CCO[C@@H]1C[C@H](c2ccccc2)OC2(CCN(C(=O)c3cn4ccc(C)cc4n3)CC2)C1. The molecule has 2 aliphatic heterocycles. The zero-order valence-electron chi connectivity index (χ0n) is 18.9. The maximum Gasteiger partial charge on any atom is 0.274 e. The number of benzene rings is 1. The molecular weight excluding hydrogens is 402 g/mol. The molecule has 32 heavy (non-hydrogen) atoms. The number of imidazole rings is 1. The third-order valence-corrected chi connectivity index (χ3v) is 6.84. The number of ether oxygens (including phenoxy) is 2. The van der Waals surface area contributed by atoms with E-state index in [0.717, 1.165) is 36.9 Å². The van der Waals surface area contributed by atoms with Gasteiger partial charge in [0.25, 0.3) is 5.91 Å². The van der Waals surface area contributed by atoms with E-state index >= 15 is 0 Å². The number of fused-ring (bicyclic) bond motifs is 1. The van der Waals surface area contributed by atoms with Gasteiger partial charge in [-0.3, -0.25) is 4.79 Å². The molecule has 6 nitrogen and oxygen atoms in total. The van der Waals surface area contributed by atoms with Gasteiger partial charge in [0.2, 0.25) is 0 Å². The highest BCUT2D eigenvalue weighted by molar-refractivity contribution is 5.93. The fourth-order valence-corrected chi connectivity index (χ4v) is 5.16. The second-order valence-electron chi connectivity index (χ2n) is 9.11. The molecular formula is C26H31N3O3. The van der Waals surface area contributed by atoms with E-state index in [1.165, 1.54) is 5.56 Å². The van der Waals surface area contributed by atoms with Crippen LogP contribution in [0.2, 0.25) is 0 Å². The summed E-state index contributed by atoms with van der Waals surface area (Å²) in [7, 11) is 0. The van der Waals surface area contributed by atoms with Crippen molar-refractivity contribution in [2.24, 2.45) is 0 Å². The second-order valence-corrected chi connectivity index (χ2v) is 9.11. The average molecular weight is 434 g/mol. The van der Waals surface area contributed by atoms with Gasteiger partial charge in [0.15, 0.2) is 0 Å². The third kappa shape index (κ3) is 4.17. The van der Waals surface area contributed by atoms with Gasteiger partial charge in [-0.25, -0.2) is 4.98 Å². The topological polar surface area (TPSA) is 56.1 Å². The van der Waals surface area contributed by atoms with Gasteiger partial charge < -0.3 is 18.8 Å². The number of carbonyl (C=O) groups excluding carboxylic acids is 1. The monoisotopic (exact) mass is 433 g/mol. The van der Waals surface area contributed by atoms with E-state index in [4.69, 9.17) is 9.47 Å². The van der Waals surface area contributed by atoms with Crippen LogP contribution in [0.3, 0.4) is 0 Å². The lowest BCUT2D eigenvalue weighted by molar-refractivity contribution is -0.190. The highest BCUT2D eigenvalue weighted by Crippen LogP contribution is 2.44. The molecule has 0 radical (unpaired) electrons. The number of rotatable bonds is 4. The van der Waals surface area contributed by atoms with Gasteiger partial charge in [0, 0.05) is 44.9 Å². The summed E-state index contributed by atoms with van der Waals surface area (Å²) in [6.45, 7) is 6.14. The minimum atomic E-state index is -0.245. The molecule has 3 aromatic rings. The van der Waals surface area contributed by atoms with Gasteiger partial charge in [0.05, 0.1) is 17.8 Å². The van der Waals surface area contributed by atoms with Crippen molar-refractivity contribution in [3.8, 4) is 0 Å². The Hall–Kier alpha value is -2.70. The van der Waals surface area contributed by atoms with Crippen molar-refractivity contribution in [1.29, 1.82) is 0 Å². The Bertz CT molecular complexity index is 1090. The number of pyridine rings is 1. The second kappa shape index (κ2) is 8.68. The molecule has 1 spiro atoms. The predicted octanol–water partition coefficient (Wildman–Crippen LogP) is 4.57. The van der Waals surface area contributed by atoms with Crippen LogP contribution in [0.15, 0.2) is 54.9 Å². The minimum Gasteiger partial charge on any atom is -0.378 e. The summed E-state index contributed by atoms with van der Waals surface area (Å²) >= 11 is 0. The van der Waals surface area contributed by atoms with E-state index in [0.29, 0.717) is 25.4 Å². The molecule has 1 aromatic carbocycles. The van der Waals surface area contributed by atoms with Crippen molar-refractivity contribution >= 4 is 11.6 Å². The fraction of sp³-hybridized carbons (Fsp3) is 0.462. The molecule has 0 saturated carbocycles. The molecule has 0 bridgehead atoms. The number of aromatic nitrogens is 2. The predicted molar refractivity (Wildman–Crippen MR) is 123 cm³/mol. The highest BCUT2D eigenvalue weighted by atomic mass is 16.5. The Morgan fingerprint density at radius 3 is 2.75 bits per heavy atom. The summed E-state index contributed by atoms with van der Waals surface area (Å²) in [5.41, 5.74) is 3.40. The number of likely N-dealkylation sites (tertiary alicyclic amines) is 1. The Kier molecular flexibility index (Phi) is 5.74. The lowest BCUT2D eigenvalue weighted by Crippen LogP contribution is -2.52. The van der Waals surface area contributed by atoms with Crippen molar-refractivity contribution in [2.45, 2.75) is 57.3 Å². The molecule has 2 fully saturated rings. The Morgan fingerprint density at radius 2 is 2.00 bits per heavy atom. The number of piperidine rings is 1. The molecule has 1 amide bonds. The van der Waals surface area contributed by atoms with Crippen LogP contribution in [0.25, 0.3) is 5.65 Å². The molecule has 2 aromatic heterocycles. The summed E-state index contributed by atoms with van der Waals surface area (Å²) in [5.74, 6) is -0.00187. The molecule has 0 N–H and O–H groups in total. The van der Waals surface area contributed by atoms with Crippen molar-refractivity contribution in [2.75, 3.05) is 19.7 Å². The lowest BCUT2D eigenvalue weighted by Gasteiger charge is -2.48. The molecule has 5 rings (SSSR count). The van der Waals surface area contributed by atoms with E-state index in [1.807, 2.05) is 46.8 Å². The number of carbonyl (C=O) groups is 1. The van der Waals surface area contributed by atoms with Gasteiger partial charge in [0.1, 0.15) is 11.3 Å². The van der Waals surface area contributed by atoms with Gasteiger partial charge in [-0.1, -0.05) is 30.3 Å². The zero-order chi connectivity index (χ0) is 22.1. The van der Waals surface area contributed by atoms with Crippen LogP contribution < -0.4 is 0 Å². The summed E-state index contributed by atoms with van der Waals surface area (Å²) in [5, 5.41) is 0. The fourth-order valence-electron chi connectivity index (χ4n) is 5.16. The number of aryl methyl sites for hydroxylation is 1. The summed E-state index contributed by atoms with van der Waals surface area (Å²) in [4.78, 5) is 19.6. The van der Waals surface area contributed by atoms with Crippen molar-refractivity contribution < 1.29 is 14.3 Å². The van der Waals surface area contributed by atoms with Gasteiger partial charge in [-0.05, 0) is 49.9 Å². The average Bonchev–Trinajstić information content (AvgIpc) is 3.23. The Labute approximate surface area is 189 Å². The van der Waals surface area contributed by atoms with Crippen molar-refractivity contribution in [3.05, 3.63) is 71.7 Å². The molecule has 4 heterocycles. The number of amides is 1. The maximum absolute atomic E-state index is 13.2. The third-order valence-electron chi connectivity index (χ3n) is 6.84. The molecule has 2 aliphatic rings. The standard InChI is InChI=1S/C26H31N3O3/c1-3-31-21-16-23(20-7-5-4-6-8-20)32-26(17-21)10-13-28(14-11-26)25(30)22-18-29-12-9-19(2)15-24(29)27-22/h4-9,12,15,18,21,23H,3,10-11,13-14,16-17H2,1-2H3/t21-,23-/m1/s1. The van der Waals surface area contributed by atoms with E-state index in [9.17, 15) is 4.79 Å². The molecule has 168 valence electrons. The number of hydrogen-bond acceptors (Lipinski definition) is 4. The maximum atomic E-state index is 13.2. The van der Waals surface area contributed by atoms with Crippen LogP contribution in [-0.4, -0.2) is 51.6 Å². The van der Waals surface area contributed by atoms with Crippen LogP contribution >= 0.6 is 0 Å². The van der Waals surface area contributed by atoms with Crippen LogP contribution in [0.4, 0.5) is 0 Å². The zero-order valence-corrected chi connectivity index (χ0v) is 18.9. The van der Waals surface area contributed by atoms with Crippen LogP contribution in [0, 0.1) is 6.92 Å². The molecule has 0 aliphatic carbocycles. The summed E-state index contributed by atoms with van der Waals surface area (Å²) in [6.07, 6.45) is 7.40. The van der Waals surface area contributed by atoms with E-state index in [1.54, 1.807) is 0 Å². The first-order valence-electron chi connectivity index (χ1n) is 11.6. The lowest BCUT2D eigenvalue weighted by atomic mass is 9.80. The Morgan fingerprint density at radius 1 is 1.22 bits per heavy atom. The number of hydrogen-bond donors (Lipinski definition) is 0. The van der Waals surface area contributed by atoms with Gasteiger partial charge in [-0.15, -0.1) is 0 Å². The van der Waals surface area contributed by atoms with Crippen LogP contribution in [0.1, 0.15) is 60.3 Å². The molecule has 6 heteroatoms. The summed E-state index contributed by atoms with van der Waals surface area (Å²) in [6, 6.07) is 14.4. The van der Waals surface area contributed by atoms with E-state index in [-0.39, 0.29) is 23.7 Å². The molecule has 2 saturated heterocycles. The van der Waals surface area contributed by atoms with Crippen LogP contribution in [0.5, 0.6) is 0 Å². The quantitative estimate of drug-likeness (QED) is 0.605. The Balaban J connectivity index is 1.30. The minimum absolute atomic E-state index is 0.00187. The smallest absolute Gasteiger partial charge is 0.274 e. The number of nitrogens with zero attached hydrogens (tertiary/aromatic N) is 3. The normalized spacial score (nSPS) is 23.0. The first kappa shape index (κ1) is 21.2. The first-order valence-corrected chi connectivity index (χ1v) is 11.6. The highest BCUT2D eigenvalue weighted by Gasteiger charge is 2.45. The van der Waals surface area contributed by atoms with Crippen molar-refractivity contribution in [3.63, 3.8) is 0 Å². The molecule has 2 atom stereocenters. The van der Waals surface area contributed by atoms with Crippen molar-refractivity contribution in [1.82, 2.24) is 14.3 Å². The van der Waals surface area contributed by atoms with Gasteiger partial charge >= 0.3 is 0 Å². The van der Waals surface area contributed by atoms with Gasteiger partial charge in [-0.2, -0.15) is 0 Å². The van der Waals surface area contributed by atoms with Crippen LogP contribution in [-0.2, 0) is 9.47 Å². The molecule has 0 unspecified atom stereocenters. The summed E-state index contributed by atoms with van der Waals surface area (Å²) < 4.78 is 14.7. The first-order chi connectivity index (χ1) is 15.5. The van der Waals surface area contributed by atoms with E-state index in [2.05, 4.69) is 36.2 Å². The van der Waals surface area contributed by atoms with E-state index < -0.39 is 0 Å².